The lowest BCUT2D eigenvalue weighted by Crippen LogP contribution is -2.51. The highest BCUT2D eigenvalue weighted by molar-refractivity contribution is 7.98. The van der Waals surface area contributed by atoms with E-state index in [9.17, 15) is 9.59 Å². The Morgan fingerprint density at radius 3 is 2.33 bits per heavy atom. The molecule has 11 heteroatoms. The van der Waals surface area contributed by atoms with Crippen molar-refractivity contribution in [3.8, 4) is 23.0 Å². The van der Waals surface area contributed by atoms with Crippen LogP contribution in [0.25, 0.3) is 17.1 Å². The molecule has 0 bridgehead atoms. The number of hydrogen-bond acceptors (Lipinski definition) is 8. The molecule has 1 saturated heterocycles. The Labute approximate surface area is 214 Å². The molecule has 10 nitrogen and oxygen atoms in total. The van der Waals surface area contributed by atoms with Crippen LogP contribution in [0.4, 0.5) is 4.79 Å². The molecule has 0 spiro atoms. The first-order valence-corrected chi connectivity index (χ1v) is 12.8. The van der Waals surface area contributed by atoms with E-state index >= 15 is 0 Å². The summed E-state index contributed by atoms with van der Waals surface area (Å²) in [5.74, 6) is 0.274. The fraction of sp³-hybridized carbons (Fsp3) is 0.400. The number of piperazine rings is 1. The molecule has 4 rings (SSSR count). The molecular weight excluding hydrogens is 480 g/mol. The molecule has 4 heterocycles. The van der Waals surface area contributed by atoms with Crippen molar-refractivity contribution in [3.63, 3.8) is 0 Å². The number of carbonyl (C=O) groups is 2. The number of amides is 2. The second-order valence-electron chi connectivity index (χ2n) is 9.23. The minimum atomic E-state index is -0.564. The summed E-state index contributed by atoms with van der Waals surface area (Å²) in [6, 6.07) is 9.21. The van der Waals surface area contributed by atoms with E-state index in [0.29, 0.717) is 54.8 Å². The number of methoxy groups -OCH3 is 1. The summed E-state index contributed by atoms with van der Waals surface area (Å²) in [7, 11) is 1.55. The zero-order chi connectivity index (χ0) is 25.9. The van der Waals surface area contributed by atoms with Gasteiger partial charge in [0, 0.05) is 43.3 Å². The van der Waals surface area contributed by atoms with Crippen LogP contribution in [-0.4, -0.2) is 86.7 Å². The van der Waals surface area contributed by atoms with Gasteiger partial charge in [0.25, 0.3) is 5.91 Å². The van der Waals surface area contributed by atoms with Crippen molar-refractivity contribution in [1.29, 1.82) is 0 Å². The zero-order valence-corrected chi connectivity index (χ0v) is 21.9. The van der Waals surface area contributed by atoms with Gasteiger partial charge in [0.15, 0.2) is 5.69 Å². The van der Waals surface area contributed by atoms with Crippen molar-refractivity contribution in [2.75, 3.05) is 39.5 Å². The van der Waals surface area contributed by atoms with Crippen molar-refractivity contribution in [2.24, 2.45) is 0 Å². The van der Waals surface area contributed by atoms with Gasteiger partial charge in [0.05, 0.1) is 30.4 Å². The molecule has 1 aliphatic rings. The van der Waals surface area contributed by atoms with Crippen molar-refractivity contribution in [1.82, 2.24) is 29.5 Å². The molecule has 190 valence electrons. The Morgan fingerprint density at radius 1 is 1.00 bits per heavy atom. The molecule has 0 saturated carbocycles. The van der Waals surface area contributed by atoms with Crippen molar-refractivity contribution in [3.05, 3.63) is 48.4 Å². The summed E-state index contributed by atoms with van der Waals surface area (Å²) in [6.45, 7) is 7.08. The Bertz CT molecular complexity index is 1230. The van der Waals surface area contributed by atoms with E-state index in [4.69, 9.17) is 9.47 Å². The van der Waals surface area contributed by atoms with Gasteiger partial charge in [-0.15, -0.1) is 11.8 Å². The SMILES string of the molecule is COc1ccc(-n2nc(C(=O)N3CCN(C(=O)OC(C)(C)C)CC3)cc2-c2cc(SC)ccn2)cn1. The normalized spacial score (nSPS) is 14.0. The predicted octanol–water partition coefficient (Wildman–Crippen LogP) is 3.75. The maximum absolute atomic E-state index is 13.4. The Kier molecular flexibility index (Phi) is 7.48. The molecule has 1 aliphatic heterocycles. The smallest absolute Gasteiger partial charge is 0.410 e. The summed E-state index contributed by atoms with van der Waals surface area (Å²) in [4.78, 5) is 39.0. The predicted molar refractivity (Wildman–Crippen MR) is 137 cm³/mol. The van der Waals surface area contributed by atoms with Crippen molar-refractivity contribution < 1.29 is 19.1 Å². The lowest BCUT2D eigenvalue weighted by molar-refractivity contribution is 0.0140. The second kappa shape index (κ2) is 10.6. The minimum absolute atomic E-state index is 0.207. The number of pyridine rings is 2. The lowest BCUT2D eigenvalue weighted by atomic mass is 10.2. The maximum Gasteiger partial charge on any atom is 0.410 e. The molecular formula is C25H30N6O4S. The van der Waals surface area contributed by atoms with Crippen molar-refractivity contribution >= 4 is 23.8 Å². The third-order valence-electron chi connectivity index (χ3n) is 5.55. The van der Waals surface area contributed by atoms with Crippen molar-refractivity contribution in [2.45, 2.75) is 31.3 Å². The highest BCUT2D eigenvalue weighted by Crippen LogP contribution is 2.27. The molecule has 1 fully saturated rings. The molecule has 36 heavy (non-hydrogen) atoms. The van der Waals surface area contributed by atoms with Crippen LogP contribution < -0.4 is 4.74 Å². The van der Waals surface area contributed by atoms with Gasteiger partial charge in [-0.3, -0.25) is 9.78 Å². The number of carbonyl (C=O) groups excluding carboxylic acids is 2. The second-order valence-corrected chi connectivity index (χ2v) is 10.1. The van der Waals surface area contributed by atoms with Crippen LogP contribution in [0.5, 0.6) is 5.88 Å². The van der Waals surface area contributed by atoms with Gasteiger partial charge in [0.1, 0.15) is 5.60 Å². The molecule has 0 unspecified atom stereocenters. The molecule has 0 radical (unpaired) electrons. The number of rotatable bonds is 5. The number of nitrogens with zero attached hydrogens (tertiary/aromatic N) is 6. The molecule has 3 aromatic rings. The first kappa shape index (κ1) is 25.5. The molecule has 0 atom stereocenters. The van der Waals surface area contributed by atoms with Gasteiger partial charge >= 0.3 is 6.09 Å². The minimum Gasteiger partial charge on any atom is -0.481 e. The van der Waals surface area contributed by atoms with Crippen LogP contribution in [-0.2, 0) is 4.74 Å². The van der Waals surface area contributed by atoms with Crippen LogP contribution >= 0.6 is 11.8 Å². The standard InChI is InChI=1S/C25H30N6O4S/c1-25(2,3)35-24(33)30-12-10-29(11-13-30)23(32)20-15-21(19-14-18(36-5)8-9-26-19)31(28-20)17-6-7-22(34-4)27-16-17/h6-9,14-16H,10-13H2,1-5H3. The topological polar surface area (TPSA) is 103 Å². The van der Waals surface area contributed by atoms with Crippen LogP contribution in [0.15, 0.2) is 47.6 Å². The number of aromatic nitrogens is 4. The molecule has 2 amide bonds. The third-order valence-corrected chi connectivity index (χ3v) is 6.28. The Balaban J connectivity index is 1.59. The van der Waals surface area contributed by atoms with E-state index in [2.05, 4.69) is 15.1 Å². The fourth-order valence-electron chi connectivity index (χ4n) is 3.74. The van der Waals surface area contributed by atoms with E-state index < -0.39 is 5.60 Å². The highest BCUT2D eigenvalue weighted by atomic mass is 32.2. The highest BCUT2D eigenvalue weighted by Gasteiger charge is 2.29. The first-order valence-electron chi connectivity index (χ1n) is 11.6. The summed E-state index contributed by atoms with van der Waals surface area (Å²) >= 11 is 1.61. The number of thioether (sulfide) groups is 1. The molecule has 0 aliphatic carbocycles. The monoisotopic (exact) mass is 510 g/mol. The zero-order valence-electron chi connectivity index (χ0n) is 21.1. The van der Waals surface area contributed by atoms with Gasteiger partial charge in [0.2, 0.25) is 5.88 Å². The van der Waals surface area contributed by atoms with E-state index in [-0.39, 0.29) is 12.0 Å². The molecule has 3 aromatic heterocycles. The molecule has 0 aromatic carbocycles. The van der Waals surface area contributed by atoms with Crippen LogP contribution in [0.3, 0.4) is 0 Å². The average molecular weight is 511 g/mol. The number of ether oxygens (including phenoxy) is 2. The van der Waals surface area contributed by atoms with Crippen LogP contribution in [0, 0.1) is 0 Å². The van der Waals surface area contributed by atoms with E-state index in [1.165, 1.54) is 0 Å². The van der Waals surface area contributed by atoms with Crippen LogP contribution in [0.1, 0.15) is 31.3 Å². The quantitative estimate of drug-likeness (QED) is 0.478. The van der Waals surface area contributed by atoms with E-state index in [0.717, 1.165) is 4.90 Å². The van der Waals surface area contributed by atoms with Gasteiger partial charge < -0.3 is 19.3 Å². The summed E-state index contributed by atoms with van der Waals surface area (Å²) < 4.78 is 12.3. The number of hydrogen-bond donors (Lipinski definition) is 0. The summed E-state index contributed by atoms with van der Waals surface area (Å²) in [6.07, 6.45) is 5.01. The summed E-state index contributed by atoms with van der Waals surface area (Å²) in [5, 5.41) is 4.64. The van der Waals surface area contributed by atoms with Gasteiger partial charge in [-0.2, -0.15) is 5.10 Å². The average Bonchev–Trinajstić information content (AvgIpc) is 3.33. The maximum atomic E-state index is 13.4. The van der Waals surface area contributed by atoms with Gasteiger partial charge in [-0.25, -0.2) is 14.5 Å². The van der Waals surface area contributed by atoms with E-state index in [1.807, 2.05) is 45.2 Å². The summed E-state index contributed by atoms with van der Waals surface area (Å²) in [5.41, 5.74) is 1.77. The Hall–Kier alpha value is -3.60. The largest absolute Gasteiger partial charge is 0.481 e. The van der Waals surface area contributed by atoms with Gasteiger partial charge in [-0.05, 0) is 51.3 Å². The third kappa shape index (κ3) is 5.78. The fourth-order valence-corrected chi connectivity index (χ4v) is 4.17. The van der Waals surface area contributed by atoms with Crippen LogP contribution in [0.2, 0.25) is 0 Å². The molecule has 0 N–H and O–H groups in total. The first-order chi connectivity index (χ1) is 17.2. The van der Waals surface area contributed by atoms with E-state index in [1.54, 1.807) is 57.9 Å². The lowest BCUT2D eigenvalue weighted by Gasteiger charge is -2.35. The Morgan fingerprint density at radius 2 is 1.72 bits per heavy atom. The van der Waals surface area contributed by atoms with Gasteiger partial charge in [-0.1, -0.05) is 0 Å².